The summed E-state index contributed by atoms with van der Waals surface area (Å²) in [5.74, 6) is -0.151. The second-order valence-electron chi connectivity index (χ2n) is 5.16. The molecule has 0 aliphatic carbocycles. The minimum atomic E-state index is -0.176. The van der Waals surface area contributed by atoms with Gasteiger partial charge in [0.1, 0.15) is 0 Å². The molecule has 0 unspecified atom stereocenters. The maximum absolute atomic E-state index is 11.9. The molecule has 4 nitrogen and oxygen atoms in total. The van der Waals surface area contributed by atoms with Crippen LogP contribution in [0.5, 0.6) is 0 Å². The number of alkyl halides is 1. The molecule has 0 saturated heterocycles. The van der Waals surface area contributed by atoms with Gasteiger partial charge in [0.25, 0.3) is 0 Å². The van der Waals surface area contributed by atoms with Crippen LogP contribution in [0.3, 0.4) is 0 Å². The molecule has 5 heteroatoms. The number of anilines is 1. The molecular formula is C16H23BrN2O2. The van der Waals surface area contributed by atoms with E-state index >= 15 is 0 Å². The van der Waals surface area contributed by atoms with Gasteiger partial charge in [-0.2, -0.15) is 0 Å². The third-order valence-electron chi connectivity index (χ3n) is 3.15. The average molecular weight is 355 g/mol. The molecule has 2 N–H and O–H groups in total. The lowest BCUT2D eigenvalue weighted by Crippen LogP contribution is -2.33. The molecule has 21 heavy (non-hydrogen) atoms. The zero-order valence-corrected chi connectivity index (χ0v) is 14.4. The molecule has 1 atom stereocenters. The molecule has 0 aliphatic rings. The monoisotopic (exact) mass is 354 g/mol. The van der Waals surface area contributed by atoms with Gasteiger partial charge in [0.2, 0.25) is 11.8 Å². The van der Waals surface area contributed by atoms with E-state index in [0.29, 0.717) is 6.54 Å². The number of rotatable bonds is 7. The van der Waals surface area contributed by atoms with E-state index in [1.165, 1.54) is 0 Å². The molecule has 0 heterocycles. The van der Waals surface area contributed by atoms with E-state index in [4.69, 9.17) is 0 Å². The minimum Gasteiger partial charge on any atom is -0.355 e. The van der Waals surface area contributed by atoms with E-state index in [-0.39, 0.29) is 23.1 Å². The normalized spacial score (nSPS) is 11.8. The molecule has 1 rings (SSSR count). The van der Waals surface area contributed by atoms with Crippen molar-refractivity contribution in [1.82, 2.24) is 5.32 Å². The van der Waals surface area contributed by atoms with Crippen LogP contribution in [-0.2, 0) is 9.59 Å². The van der Waals surface area contributed by atoms with Crippen LogP contribution in [0, 0.1) is 13.8 Å². The largest absolute Gasteiger partial charge is 0.355 e. The highest BCUT2D eigenvalue weighted by atomic mass is 79.9. The van der Waals surface area contributed by atoms with Gasteiger partial charge in [-0.1, -0.05) is 41.4 Å². The summed E-state index contributed by atoms with van der Waals surface area (Å²) < 4.78 is 0. The Kier molecular flexibility index (Phi) is 7.43. The van der Waals surface area contributed by atoms with Crippen molar-refractivity contribution in [2.45, 2.75) is 44.9 Å². The predicted molar refractivity (Wildman–Crippen MR) is 89.8 cm³/mol. The van der Waals surface area contributed by atoms with Gasteiger partial charge in [-0.25, -0.2) is 0 Å². The Morgan fingerprint density at radius 1 is 1.29 bits per heavy atom. The van der Waals surface area contributed by atoms with E-state index in [2.05, 4.69) is 26.6 Å². The molecule has 2 amide bonds. The van der Waals surface area contributed by atoms with Crippen molar-refractivity contribution in [3.8, 4) is 0 Å². The SMILES string of the molecule is CCC[C@H](Br)C(=O)NCCC(=O)Nc1cc(C)ccc1C. The Hall–Kier alpha value is -1.36. The third-order valence-corrected chi connectivity index (χ3v) is 4.02. The Bertz CT molecular complexity index is 503. The Labute approximate surface area is 134 Å². The lowest BCUT2D eigenvalue weighted by molar-refractivity contribution is -0.120. The Morgan fingerprint density at radius 2 is 2.00 bits per heavy atom. The predicted octanol–water partition coefficient (Wildman–Crippen LogP) is 3.31. The molecule has 1 aromatic rings. The summed E-state index contributed by atoms with van der Waals surface area (Å²) >= 11 is 3.33. The lowest BCUT2D eigenvalue weighted by atomic mass is 10.1. The molecule has 0 spiro atoms. The molecule has 0 aliphatic heterocycles. The van der Waals surface area contributed by atoms with Crippen LogP contribution in [0.2, 0.25) is 0 Å². The quantitative estimate of drug-likeness (QED) is 0.738. The van der Waals surface area contributed by atoms with Crippen LogP contribution in [0.1, 0.15) is 37.3 Å². The molecule has 0 aromatic heterocycles. The van der Waals surface area contributed by atoms with Crippen LogP contribution >= 0.6 is 15.9 Å². The van der Waals surface area contributed by atoms with Crippen molar-refractivity contribution in [3.63, 3.8) is 0 Å². The van der Waals surface area contributed by atoms with E-state index in [1.54, 1.807) is 0 Å². The Morgan fingerprint density at radius 3 is 2.67 bits per heavy atom. The maximum Gasteiger partial charge on any atom is 0.233 e. The summed E-state index contributed by atoms with van der Waals surface area (Å²) in [6, 6.07) is 5.93. The van der Waals surface area contributed by atoms with Crippen LogP contribution in [0.15, 0.2) is 18.2 Å². The van der Waals surface area contributed by atoms with Crippen molar-refractivity contribution in [3.05, 3.63) is 29.3 Å². The molecule has 0 bridgehead atoms. The second kappa shape index (κ2) is 8.82. The number of amides is 2. The lowest BCUT2D eigenvalue weighted by Gasteiger charge is -2.11. The van der Waals surface area contributed by atoms with E-state index < -0.39 is 0 Å². The molecule has 1 aromatic carbocycles. The first-order valence-electron chi connectivity index (χ1n) is 7.23. The third kappa shape index (κ3) is 6.29. The van der Waals surface area contributed by atoms with Crippen LogP contribution in [-0.4, -0.2) is 23.2 Å². The van der Waals surface area contributed by atoms with E-state index in [9.17, 15) is 9.59 Å². The molecule has 0 saturated carbocycles. The van der Waals surface area contributed by atoms with E-state index in [0.717, 1.165) is 29.7 Å². The topological polar surface area (TPSA) is 58.2 Å². The number of benzene rings is 1. The van der Waals surface area contributed by atoms with Gasteiger partial charge in [0, 0.05) is 18.7 Å². The summed E-state index contributed by atoms with van der Waals surface area (Å²) in [6.07, 6.45) is 2.00. The van der Waals surface area contributed by atoms with Crippen molar-refractivity contribution in [1.29, 1.82) is 0 Å². The first-order chi connectivity index (χ1) is 9.93. The fraction of sp³-hybridized carbons (Fsp3) is 0.500. The highest BCUT2D eigenvalue weighted by Crippen LogP contribution is 2.16. The number of aryl methyl sites for hydroxylation is 2. The summed E-state index contributed by atoms with van der Waals surface area (Å²) in [5, 5.41) is 5.64. The maximum atomic E-state index is 11.9. The molecule has 116 valence electrons. The van der Waals surface area contributed by atoms with Gasteiger partial charge in [-0.15, -0.1) is 0 Å². The number of carbonyl (C=O) groups excluding carboxylic acids is 2. The number of carbonyl (C=O) groups is 2. The van der Waals surface area contributed by atoms with E-state index in [1.807, 2.05) is 39.0 Å². The van der Waals surface area contributed by atoms with Crippen molar-refractivity contribution in [2.75, 3.05) is 11.9 Å². The zero-order chi connectivity index (χ0) is 15.8. The molecule has 0 fully saturated rings. The number of halogens is 1. The summed E-state index contributed by atoms with van der Waals surface area (Å²) in [6.45, 7) is 6.32. The van der Waals surface area contributed by atoms with Crippen molar-refractivity contribution in [2.24, 2.45) is 0 Å². The summed E-state index contributed by atoms with van der Waals surface area (Å²) in [7, 11) is 0. The fourth-order valence-corrected chi connectivity index (χ4v) is 2.50. The number of nitrogens with one attached hydrogen (secondary N) is 2. The standard InChI is InChI=1S/C16H23BrN2O2/c1-4-5-13(17)16(21)18-9-8-15(20)19-14-10-11(2)6-7-12(14)3/h6-7,10,13H,4-5,8-9H2,1-3H3,(H,18,21)(H,19,20)/t13-/m0/s1. The first kappa shape index (κ1) is 17.7. The second-order valence-corrected chi connectivity index (χ2v) is 6.27. The van der Waals surface area contributed by atoms with Crippen LogP contribution in [0.4, 0.5) is 5.69 Å². The molecular weight excluding hydrogens is 332 g/mol. The van der Waals surface area contributed by atoms with Gasteiger partial charge in [-0.05, 0) is 37.5 Å². The van der Waals surface area contributed by atoms with Gasteiger partial charge >= 0.3 is 0 Å². The first-order valence-corrected chi connectivity index (χ1v) is 8.14. The van der Waals surface area contributed by atoms with Crippen molar-refractivity contribution < 1.29 is 9.59 Å². The van der Waals surface area contributed by atoms with Crippen molar-refractivity contribution >= 4 is 33.4 Å². The smallest absolute Gasteiger partial charge is 0.233 e. The number of hydrogen-bond donors (Lipinski definition) is 2. The highest BCUT2D eigenvalue weighted by Gasteiger charge is 2.13. The summed E-state index contributed by atoms with van der Waals surface area (Å²) in [5.41, 5.74) is 2.96. The average Bonchev–Trinajstić information content (AvgIpc) is 2.43. The Balaban J connectivity index is 2.38. The van der Waals surface area contributed by atoms with Gasteiger partial charge in [0.15, 0.2) is 0 Å². The number of hydrogen-bond acceptors (Lipinski definition) is 2. The fourth-order valence-electron chi connectivity index (χ4n) is 1.88. The van der Waals surface area contributed by atoms with Crippen LogP contribution < -0.4 is 10.6 Å². The van der Waals surface area contributed by atoms with Gasteiger partial charge in [0.05, 0.1) is 4.83 Å². The zero-order valence-electron chi connectivity index (χ0n) is 12.8. The highest BCUT2D eigenvalue weighted by molar-refractivity contribution is 9.10. The van der Waals surface area contributed by atoms with Gasteiger partial charge in [-0.3, -0.25) is 9.59 Å². The van der Waals surface area contributed by atoms with Crippen LogP contribution in [0.25, 0.3) is 0 Å². The minimum absolute atomic E-state index is 0.0589. The van der Waals surface area contributed by atoms with Gasteiger partial charge < -0.3 is 10.6 Å². The summed E-state index contributed by atoms with van der Waals surface area (Å²) in [4.78, 5) is 23.4. The molecule has 0 radical (unpaired) electrons.